The molecule has 0 saturated heterocycles. The van der Waals surface area contributed by atoms with Gasteiger partial charge < -0.3 is 5.73 Å². The van der Waals surface area contributed by atoms with Gasteiger partial charge in [0.25, 0.3) is 0 Å². The largest absolute Gasteiger partial charge is 0.393 e. The van der Waals surface area contributed by atoms with E-state index in [1.165, 1.54) is 0 Å². The Morgan fingerprint density at radius 1 is 1.38 bits per heavy atom. The number of thiocarbonyl (C=S) groups is 1. The minimum Gasteiger partial charge on any atom is -0.393 e. The van der Waals surface area contributed by atoms with Crippen molar-refractivity contribution in [3.8, 4) is 0 Å². The molecule has 1 saturated carbocycles. The SMILES string of the molecule is CC1(C)CCCC1NS(=O)(=O)c1ccc(CC(N)=S)cc1. The molecular weight excluding hydrogens is 304 g/mol. The fraction of sp³-hybridized carbons (Fsp3) is 0.533. The van der Waals surface area contributed by atoms with E-state index in [9.17, 15) is 8.42 Å². The molecule has 2 rings (SSSR count). The van der Waals surface area contributed by atoms with Crippen LogP contribution in [0.3, 0.4) is 0 Å². The topological polar surface area (TPSA) is 72.2 Å². The zero-order valence-electron chi connectivity index (χ0n) is 12.4. The second-order valence-corrected chi connectivity index (χ2v) is 8.58. The molecule has 1 aliphatic carbocycles. The first-order chi connectivity index (χ1) is 9.71. The number of benzene rings is 1. The maximum Gasteiger partial charge on any atom is 0.240 e. The van der Waals surface area contributed by atoms with Crippen LogP contribution in [0.1, 0.15) is 38.7 Å². The highest BCUT2D eigenvalue weighted by Crippen LogP contribution is 2.37. The molecule has 4 nitrogen and oxygen atoms in total. The summed E-state index contributed by atoms with van der Waals surface area (Å²) in [5.41, 5.74) is 6.42. The number of nitrogens with one attached hydrogen (secondary N) is 1. The Bertz CT molecular complexity index is 622. The van der Waals surface area contributed by atoms with Crippen molar-refractivity contribution in [1.82, 2.24) is 4.72 Å². The first-order valence-electron chi connectivity index (χ1n) is 7.10. The third-order valence-electron chi connectivity index (χ3n) is 4.17. The lowest BCUT2D eigenvalue weighted by Crippen LogP contribution is -2.41. The van der Waals surface area contributed by atoms with Crippen molar-refractivity contribution in [2.24, 2.45) is 11.1 Å². The highest BCUT2D eigenvalue weighted by atomic mass is 32.2. The zero-order valence-corrected chi connectivity index (χ0v) is 14.1. The Balaban J connectivity index is 2.14. The molecule has 0 aromatic heterocycles. The Hall–Kier alpha value is -0.980. The molecular formula is C15H22N2O2S2. The van der Waals surface area contributed by atoms with Crippen LogP contribution < -0.4 is 10.5 Å². The molecule has 0 amide bonds. The van der Waals surface area contributed by atoms with Crippen LogP contribution in [0.4, 0.5) is 0 Å². The van der Waals surface area contributed by atoms with E-state index in [2.05, 4.69) is 18.6 Å². The summed E-state index contributed by atoms with van der Waals surface area (Å²) in [6, 6.07) is 6.73. The molecule has 1 fully saturated rings. The fourth-order valence-electron chi connectivity index (χ4n) is 2.79. The predicted molar refractivity (Wildman–Crippen MR) is 88.7 cm³/mol. The van der Waals surface area contributed by atoms with E-state index in [4.69, 9.17) is 18.0 Å². The second kappa shape index (κ2) is 6.02. The summed E-state index contributed by atoms with van der Waals surface area (Å²) >= 11 is 4.85. The highest BCUT2D eigenvalue weighted by Gasteiger charge is 2.37. The van der Waals surface area contributed by atoms with Crippen molar-refractivity contribution < 1.29 is 8.42 Å². The molecule has 0 bridgehead atoms. The maximum atomic E-state index is 12.4. The van der Waals surface area contributed by atoms with E-state index >= 15 is 0 Å². The van der Waals surface area contributed by atoms with E-state index in [0.717, 1.165) is 24.8 Å². The van der Waals surface area contributed by atoms with Gasteiger partial charge in [0, 0.05) is 12.5 Å². The molecule has 0 heterocycles. The maximum absolute atomic E-state index is 12.4. The quantitative estimate of drug-likeness (QED) is 0.815. The van der Waals surface area contributed by atoms with Crippen molar-refractivity contribution in [3.63, 3.8) is 0 Å². The molecule has 0 spiro atoms. The smallest absolute Gasteiger partial charge is 0.240 e. The van der Waals surface area contributed by atoms with Gasteiger partial charge in [-0.05, 0) is 36.0 Å². The molecule has 1 aliphatic rings. The van der Waals surface area contributed by atoms with Gasteiger partial charge in [-0.25, -0.2) is 13.1 Å². The number of sulfonamides is 1. The van der Waals surface area contributed by atoms with Gasteiger partial charge in [0.15, 0.2) is 0 Å². The highest BCUT2D eigenvalue weighted by molar-refractivity contribution is 7.89. The lowest BCUT2D eigenvalue weighted by Gasteiger charge is -2.27. The Morgan fingerprint density at radius 3 is 2.48 bits per heavy atom. The van der Waals surface area contributed by atoms with E-state index in [0.29, 0.717) is 11.4 Å². The summed E-state index contributed by atoms with van der Waals surface area (Å²) in [5.74, 6) is 0. The molecule has 21 heavy (non-hydrogen) atoms. The first-order valence-corrected chi connectivity index (χ1v) is 8.99. The predicted octanol–water partition coefficient (Wildman–Crippen LogP) is 2.37. The van der Waals surface area contributed by atoms with Crippen molar-refractivity contribution in [1.29, 1.82) is 0 Å². The molecule has 116 valence electrons. The average Bonchev–Trinajstić information content (AvgIpc) is 2.68. The third-order valence-corrected chi connectivity index (χ3v) is 5.80. The summed E-state index contributed by atoms with van der Waals surface area (Å²) in [6.45, 7) is 4.22. The van der Waals surface area contributed by atoms with Crippen LogP contribution in [-0.4, -0.2) is 19.4 Å². The number of hydrogen-bond donors (Lipinski definition) is 2. The Labute approximate surface area is 132 Å². The molecule has 3 N–H and O–H groups in total. The molecule has 0 radical (unpaired) electrons. The number of nitrogens with two attached hydrogens (primary N) is 1. The standard InChI is InChI=1S/C15H22N2O2S2/c1-15(2)9-3-4-13(15)17-21(18,19)12-7-5-11(6-8-12)10-14(16)20/h5-8,13,17H,3-4,9-10H2,1-2H3,(H2,16,20). The third kappa shape index (κ3) is 4.02. The minimum atomic E-state index is -3.47. The normalized spacial score (nSPS) is 21.3. The fourth-order valence-corrected chi connectivity index (χ4v) is 4.40. The minimum absolute atomic E-state index is 0.00111. The van der Waals surface area contributed by atoms with Gasteiger partial charge in [-0.2, -0.15) is 0 Å². The van der Waals surface area contributed by atoms with Gasteiger partial charge in [-0.1, -0.05) is 44.6 Å². The van der Waals surface area contributed by atoms with Gasteiger partial charge in [0.1, 0.15) is 0 Å². The molecule has 1 aromatic carbocycles. The summed E-state index contributed by atoms with van der Waals surface area (Å²) in [7, 11) is -3.47. The second-order valence-electron chi connectivity index (χ2n) is 6.34. The zero-order chi connectivity index (χ0) is 15.7. The van der Waals surface area contributed by atoms with E-state index < -0.39 is 10.0 Å². The van der Waals surface area contributed by atoms with Crippen LogP contribution in [0.25, 0.3) is 0 Å². The van der Waals surface area contributed by atoms with Crippen LogP contribution in [0, 0.1) is 5.41 Å². The van der Waals surface area contributed by atoms with Crippen molar-refractivity contribution in [2.45, 2.75) is 50.5 Å². The van der Waals surface area contributed by atoms with Crippen molar-refractivity contribution in [2.75, 3.05) is 0 Å². The summed E-state index contributed by atoms with van der Waals surface area (Å²) in [6.07, 6.45) is 3.49. The lowest BCUT2D eigenvalue weighted by molar-refractivity contribution is 0.313. The molecule has 1 atom stereocenters. The van der Waals surface area contributed by atoms with Crippen LogP contribution in [-0.2, 0) is 16.4 Å². The van der Waals surface area contributed by atoms with Gasteiger partial charge in [0.05, 0.1) is 9.88 Å². The Morgan fingerprint density at radius 2 is 2.00 bits per heavy atom. The van der Waals surface area contributed by atoms with Gasteiger partial charge in [-0.3, -0.25) is 0 Å². The molecule has 1 aromatic rings. The van der Waals surface area contributed by atoms with Crippen LogP contribution in [0.5, 0.6) is 0 Å². The summed E-state index contributed by atoms with van der Waals surface area (Å²) in [4.78, 5) is 0.688. The van der Waals surface area contributed by atoms with E-state index in [1.807, 2.05) is 0 Å². The van der Waals surface area contributed by atoms with Gasteiger partial charge in [0.2, 0.25) is 10.0 Å². The van der Waals surface area contributed by atoms with Gasteiger partial charge in [-0.15, -0.1) is 0 Å². The molecule has 6 heteroatoms. The van der Waals surface area contributed by atoms with E-state index in [1.54, 1.807) is 24.3 Å². The summed E-state index contributed by atoms with van der Waals surface area (Å²) < 4.78 is 27.7. The van der Waals surface area contributed by atoms with Crippen LogP contribution >= 0.6 is 12.2 Å². The lowest BCUT2D eigenvalue weighted by atomic mass is 9.88. The monoisotopic (exact) mass is 326 g/mol. The summed E-state index contributed by atoms with van der Waals surface area (Å²) in [5, 5.41) is 0. The van der Waals surface area contributed by atoms with Crippen molar-refractivity contribution >= 4 is 27.2 Å². The van der Waals surface area contributed by atoms with Crippen LogP contribution in [0.15, 0.2) is 29.2 Å². The van der Waals surface area contributed by atoms with Crippen molar-refractivity contribution in [3.05, 3.63) is 29.8 Å². The molecule has 1 unspecified atom stereocenters. The van der Waals surface area contributed by atoms with Gasteiger partial charge >= 0.3 is 0 Å². The number of hydrogen-bond acceptors (Lipinski definition) is 3. The first kappa shape index (κ1) is 16.4. The van der Waals surface area contributed by atoms with Crippen LogP contribution in [0.2, 0.25) is 0 Å². The van der Waals surface area contributed by atoms with E-state index in [-0.39, 0.29) is 16.4 Å². The average molecular weight is 326 g/mol. The Kier molecular flexibility index (Phi) is 4.70. The molecule has 0 aliphatic heterocycles. The number of rotatable bonds is 5.